The number of carbonyl (C=O) groups is 1. The van der Waals surface area contributed by atoms with Gasteiger partial charge in [-0.1, -0.05) is 33.1 Å². The van der Waals surface area contributed by atoms with Crippen molar-refractivity contribution in [3.63, 3.8) is 0 Å². The lowest BCUT2D eigenvalue weighted by atomic mass is 9.86. The molecule has 0 heterocycles. The van der Waals surface area contributed by atoms with Gasteiger partial charge in [0.2, 0.25) is 6.54 Å². The summed E-state index contributed by atoms with van der Waals surface area (Å²) < 4.78 is 0. The van der Waals surface area contributed by atoms with Crippen molar-refractivity contribution in [2.24, 2.45) is 11.8 Å². The molecule has 0 N–H and O–H groups in total. The molecule has 0 saturated heterocycles. The zero-order chi connectivity index (χ0) is 11.7. The molecule has 4 nitrogen and oxygen atoms in total. The predicted molar refractivity (Wildman–Crippen MR) is 59.3 cm³/mol. The van der Waals surface area contributed by atoms with Crippen LogP contribution in [0.3, 0.4) is 0 Å². The monoisotopic (exact) mass is 215 g/mol. The average Bonchev–Trinajstić information content (AvgIpc) is 2.18. The highest BCUT2D eigenvalue weighted by atomic mass is 16.6. The predicted octanol–water partition coefficient (Wildman–Crippen LogP) is 2.68. The normalized spacial score (nSPS) is 14.5. The molecular weight excluding hydrogens is 194 g/mol. The molecule has 0 amide bonds. The van der Waals surface area contributed by atoms with E-state index < -0.39 is 0 Å². The molecule has 15 heavy (non-hydrogen) atoms. The van der Waals surface area contributed by atoms with Gasteiger partial charge in [-0.05, 0) is 12.8 Å². The van der Waals surface area contributed by atoms with Crippen molar-refractivity contribution in [2.75, 3.05) is 6.54 Å². The topological polar surface area (TPSA) is 60.2 Å². The third-order valence-electron chi connectivity index (χ3n) is 2.71. The van der Waals surface area contributed by atoms with Gasteiger partial charge in [-0.25, -0.2) is 0 Å². The van der Waals surface area contributed by atoms with Crippen molar-refractivity contribution >= 4 is 6.29 Å². The molecule has 0 aliphatic rings. The summed E-state index contributed by atoms with van der Waals surface area (Å²) in [6, 6.07) is 0. The van der Waals surface area contributed by atoms with Gasteiger partial charge in [-0.2, -0.15) is 0 Å². The van der Waals surface area contributed by atoms with E-state index in [-0.39, 0.29) is 23.3 Å². The minimum absolute atomic E-state index is 0.0685. The first-order chi connectivity index (χ1) is 7.15. The van der Waals surface area contributed by atoms with Crippen molar-refractivity contribution in [3.05, 3.63) is 10.1 Å². The van der Waals surface area contributed by atoms with Crippen LogP contribution in [0.5, 0.6) is 0 Å². The Balaban J connectivity index is 4.25. The smallest absolute Gasteiger partial charge is 0.207 e. The number of hydrogen-bond donors (Lipinski definition) is 0. The summed E-state index contributed by atoms with van der Waals surface area (Å²) in [6.07, 6.45) is 5.37. The molecule has 0 aliphatic carbocycles. The third-order valence-corrected chi connectivity index (χ3v) is 2.71. The Hall–Kier alpha value is -0.930. The molecule has 0 spiro atoms. The molecule has 0 saturated carbocycles. The van der Waals surface area contributed by atoms with Crippen LogP contribution in [0.15, 0.2) is 0 Å². The highest BCUT2D eigenvalue weighted by molar-refractivity contribution is 5.53. The number of nitrogens with zero attached hydrogens (tertiary/aromatic N) is 1. The fourth-order valence-electron chi connectivity index (χ4n) is 1.86. The van der Waals surface area contributed by atoms with Gasteiger partial charge < -0.3 is 4.79 Å². The van der Waals surface area contributed by atoms with Crippen LogP contribution in [0.1, 0.15) is 46.0 Å². The van der Waals surface area contributed by atoms with Crippen molar-refractivity contribution in [3.8, 4) is 0 Å². The maximum atomic E-state index is 10.9. The third kappa shape index (κ3) is 6.20. The van der Waals surface area contributed by atoms with Gasteiger partial charge in [-0.3, -0.25) is 10.1 Å². The molecule has 0 aliphatic heterocycles. The summed E-state index contributed by atoms with van der Waals surface area (Å²) in [5, 5.41) is 10.5. The van der Waals surface area contributed by atoms with E-state index in [2.05, 4.69) is 6.92 Å². The molecule has 0 radical (unpaired) electrons. The molecular formula is C11H21NO3. The molecule has 0 fully saturated rings. The lowest BCUT2D eigenvalue weighted by Crippen LogP contribution is -2.24. The summed E-state index contributed by atoms with van der Waals surface area (Å²) in [5.74, 6) is -0.204. The minimum atomic E-state index is -0.303. The Bertz CT molecular complexity index is 194. The summed E-state index contributed by atoms with van der Waals surface area (Å²) in [7, 11) is 0. The fourth-order valence-corrected chi connectivity index (χ4v) is 1.86. The highest BCUT2D eigenvalue weighted by Gasteiger charge is 2.24. The second-order valence-corrected chi connectivity index (χ2v) is 4.01. The highest BCUT2D eigenvalue weighted by Crippen LogP contribution is 2.21. The van der Waals surface area contributed by atoms with Gasteiger partial charge in [0.25, 0.3) is 0 Å². The lowest BCUT2D eigenvalue weighted by molar-refractivity contribution is -0.489. The van der Waals surface area contributed by atoms with Gasteiger partial charge in [0.15, 0.2) is 0 Å². The summed E-state index contributed by atoms with van der Waals surface area (Å²) in [5.41, 5.74) is 0. The van der Waals surface area contributed by atoms with Crippen LogP contribution < -0.4 is 0 Å². The quantitative estimate of drug-likeness (QED) is 0.337. The maximum absolute atomic E-state index is 10.9. The second kappa shape index (κ2) is 8.38. The number of aldehydes is 1. The first-order valence-corrected chi connectivity index (χ1v) is 5.72. The van der Waals surface area contributed by atoms with E-state index in [1.165, 1.54) is 0 Å². The van der Waals surface area contributed by atoms with E-state index in [0.29, 0.717) is 0 Å². The number of nitro groups is 1. The zero-order valence-corrected chi connectivity index (χ0v) is 9.65. The van der Waals surface area contributed by atoms with E-state index in [0.717, 1.165) is 38.4 Å². The largest absolute Gasteiger partial charge is 0.303 e. The molecule has 0 rings (SSSR count). The Morgan fingerprint density at radius 1 is 1.27 bits per heavy atom. The van der Waals surface area contributed by atoms with Crippen LogP contribution in [0.2, 0.25) is 0 Å². The van der Waals surface area contributed by atoms with E-state index in [4.69, 9.17) is 0 Å². The molecule has 0 bridgehead atoms. The van der Waals surface area contributed by atoms with Crippen LogP contribution in [0, 0.1) is 22.0 Å². The van der Waals surface area contributed by atoms with Crippen molar-refractivity contribution in [2.45, 2.75) is 46.0 Å². The van der Waals surface area contributed by atoms with Crippen molar-refractivity contribution in [1.29, 1.82) is 0 Å². The Morgan fingerprint density at radius 3 is 2.33 bits per heavy atom. The van der Waals surface area contributed by atoms with Crippen LogP contribution >= 0.6 is 0 Å². The SMILES string of the molecule is CCCC[C@@H](C=O)[C@@H](CCC)C[N+](=O)[O-]. The second-order valence-electron chi connectivity index (χ2n) is 4.01. The molecule has 2 atom stereocenters. The number of hydrogen-bond acceptors (Lipinski definition) is 3. The summed E-state index contributed by atoms with van der Waals surface area (Å²) in [4.78, 5) is 21.1. The van der Waals surface area contributed by atoms with Gasteiger partial charge in [0, 0.05) is 16.8 Å². The van der Waals surface area contributed by atoms with Crippen LogP contribution in [0.4, 0.5) is 0 Å². The van der Waals surface area contributed by atoms with E-state index in [9.17, 15) is 14.9 Å². The van der Waals surface area contributed by atoms with Gasteiger partial charge >= 0.3 is 0 Å². The van der Waals surface area contributed by atoms with Crippen LogP contribution in [-0.2, 0) is 4.79 Å². The van der Waals surface area contributed by atoms with E-state index >= 15 is 0 Å². The zero-order valence-electron chi connectivity index (χ0n) is 9.65. The number of unbranched alkanes of at least 4 members (excludes halogenated alkanes) is 1. The first-order valence-electron chi connectivity index (χ1n) is 5.72. The molecule has 0 aromatic heterocycles. The molecule has 88 valence electrons. The van der Waals surface area contributed by atoms with Crippen molar-refractivity contribution in [1.82, 2.24) is 0 Å². The van der Waals surface area contributed by atoms with E-state index in [1.54, 1.807) is 0 Å². The molecule has 0 aromatic carbocycles. The fraction of sp³-hybridized carbons (Fsp3) is 0.909. The standard InChI is InChI=1S/C11H21NO3/c1-3-5-7-11(9-13)10(6-4-2)8-12(14)15/h9-11H,3-8H2,1-2H3/t10-,11-/m0/s1. The van der Waals surface area contributed by atoms with Gasteiger partial charge in [0.1, 0.15) is 6.29 Å². The molecule has 4 heteroatoms. The summed E-state index contributed by atoms with van der Waals surface area (Å²) in [6.45, 7) is 3.99. The first kappa shape index (κ1) is 14.1. The Labute approximate surface area is 91.2 Å². The summed E-state index contributed by atoms with van der Waals surface area (Å²) >= 11 is 0. The van der Waals surface area contributed by atoms with Crippen LogP contribution in [-0.4, -0.2) is 17.8 Å². The molecule has 0 aromatic rings. The van der Waals surface area contributed by atoms with E-state index in [1.807, 2.05) is 6.92 Å². The lowest BCUT2D eigenvalue weighted by Gasteiger charge is -2.18. The van der Waals surface area contributed by atoms with Gasteiger partial charge in [0.05, 0.1) is 0 Å². The molecule has 0 unspecified atom stereocenters. The van der Waals surface area contributed by atoms with Crippen molar-refractivity contribution < 1.29 is 9.72 Å². The number of rotatable bonds is 9. The van der Waals surface area contributed by atoms with Crippen LogP contribution in [0.25, 0.3) is 0 Å². The van der Waals surface area contributed by atoms with Gasteiger partial charge in [-0.15, -0.1) is 0 Å². The number of carbonyl (C=O) groups excluding carboxylic acids is 1. The minimum Gasteiger partial charge on any atom is -0.303 e. The Kier molecular flexibility index (Phi) is 7.86. The average molecular weight is 215 g/mol. The maximum Gasteiger partial charge on any atom is 0.207 e. The Morgan fingerprint density at radius 2 is 1.93 bits per heavy atom.